The van der Waals surface area contributed by atoms with Gasteiger partial charge in [0.15, 0.2) is 0 Å². The predicted molar refractivity (Wildman–Crippen MR) is 29.6 cm³/mol. The lowest BCUT2D eigenvalue weighted by Gasteiger charge is -2.03. The molecule has 0 bridgehead atoms. The molecule has 8 heavy (non-hydrogen) atoms. The molecule has 0 saturated heterocycles. The number of ether oxygens (including phenoxy) is 1. The zero-order valence-corrected chi connectivity index (χ0v) is 4.66. The quantitative estimate of drug-likeness (QED) is 0.212. The van der Waals surface area contributed by atoms with E-state index in [0.717, 1.165) is 0 Å². The molecule has 0 saturated carbocycles. The van der Waals surface area contributed by atoms with E-state index in [2.05, 4.69) is 16.8 Å². The fourth-order valence-electron chi connectivity index (χ4n) is 0.266. The van der Waals surface area contributed by atoms with Crippen LogP contribution in [0.4, 0.5) is 0 Å². The molecule has 4 heteroatoms. The van der Waals surface area contributed by atoms with Gasteiger partial charge in [-0.25, -0.2) is 0 Å². The van der Waals surface area contributed by atoms with Crippen molar-refractivity contribution in [3.8, 4) is 0 Å². The lowest BCUT2D eigenvalue weighted by molar-refractivity contribution is 0.280. The van der Waals surface area contributed by atoms with Crippen molar-refractivity contribution in [1.29, 1.82) is 0 Å². The van der Waals surface area contributed by atoms with Gasteiger partial charge in [-0.1, -0.05) is 5.16 Å². The van der Waals surface area contributed by atoms with Crippen molar-refractivity contribution in [3.63, 3.8) is 0 Å². The van der Waals surface area contributed by atoms with Gasteiger partial charge in [0.2, 0.25) is 5.90 Å². The van der Waals surface area contributed by atoms with Crippen LogP contribution in [0.25, 0.3) is 0 Å². The third-order valence-electron chi connectivity index (χ3n) is 0.625. The van der Waals surface area contributed by atoms with E-state index in [1.54, 1.807) is 0 Å². The van der Waals surface area contributed by atoms with Crippen LogP contribution in [-0.2, 0) is 4.74 Å². The molecule has 0 heterocycles. The number of hydrogen-bond donors (Lipinski definition) is 2. The molecule has 1 atom stereocenters. The van der Waals surface area contributed by atoms with E-state index in [0.29, 0.717) is 0 Å². The third-order valence-corrected chi connectivity index (χ3v) is 0.625. The van der Waals surface area contributed by atoms with Crippen molar-refractivity contribution >= 4 is 5.90 Å². The predicted octanol–water partition coefficient (Wildman–Crippen LogP) is -0.418. The molecule has 1 radical (unpaired) electrons. The maximum atomic E-state index is 8.04. The maximum Gasteiger partial charge on any atom is 0.242 e. The SMILES string of the molecule is [CH2]C(N)/C(=N/O)OC. The summed E-state index contributed by atoms with van der Waals surface area (Å²) in [5.41, 5.74) is 5.13. The van der Waals surface area contributed by atoms with E-state index in [9.17, 15) is 0 Å². The van der Waals surface area contributed by atoms with Crippen molar-refractivity contribution in [1.82, 2.24) is 0 Å². The topological polar surface area (TPSA) is 67.8 Å². The monoisotopic (exact) mass is 117 g/mol. The molecule has 0 spiro atoms. The summed E-state index contributed by atoms with van der Waals surface area (Å²) < 4.78 is 4.47. The molecule has 0 aliphatic carbocycles. The Kier molecular flexibility index (Phi) is 2.95. The minimum atomic E-state index is -0.593. The highest BCUT2D eigenvalue weighted by atomic mass is 16.5. The lowest BCUT2D eigenvalue weighted by Crippen LogP contribution is -2.28. The van der Waals surface area contributed by atoms with Crippen molar-refractivity contribution in [2.75, 3.05) is 7.11 Å². The van der Waals surface area contributed by atoms with Crippen LogP contribution >= 0.6 is 0 Å². The Morgan fingerprint density at radius 1 is 2.00 bits per heavy atom. The lowest BCUT2D eigenvalue weighted by atomic mass is 10.4. The van der Waals surface area contributed by atoms with Gasteiger partial charge in [0.05, 0.1) is 13.2 Å². The molecular weight excluding hydrogens is 108 g/mol. The van der Waals surface area contributed by atoms with Crippen LogP contribution < -0.4 is 5.73 Å². The number of nitrogens with zero attached hydrogens (tertiary/aromatic N) is 1. The molecule has 0 rings (SSSR count). The Balaban J connectivity index is 3.72. The maximum absolute atomic E-state index is 8.04. The normalized spacial score (nSPS) is 15.6. The molecule has 47 valence electrons. The number of nitrogens with two attached hydrogens (primary N) is 1. The molecule has 0 aliphatic rings. The van der Waals surface area contributed by atoms with Crippen LogP contribution in [0.1, 0.15) is 0 Å². The van der Waals surface area contributed by atoms with E-state index in [1.165, 1.54) is 7.11 Å². The number of oxime groups is 1. The summed E-state index contributed by atoms with van der Waals surface area (Å²) in [7, 11) is 1.36. The zero-order valence-electron chi connectivity index (χ0n) is 4.66. The Morgan fingerprint density at radius 2 is 2.50 bits per heavy atom. The fourth-order valence-corrected chi connectivity index (χ4v) is 0.266. The summed E-state index contributed by atoms with van der Waals surface area (Å²) in [4.78, 5) is 0. The summed E-state index contributed by atoms with van der Waals surface area (Å²) in [6, 6.07) is -0.593. The Labute approximate surface area is 47.9 Å². The summed E-state index contributed by atoms with van der Waals surface area (Å²) in [6.45, 7) is 3.34. The average Bonchev–Trinajstić information content (AvgIpc) is 1.69. The second-order valence-corrected chi connectivity index (χ2v) is 1.25. The minimum Gasteiger partial charge on any atom is -0.481 e. The first-order chi connectivity index (χ1) is 3.72. The van der Waals surface area contributed by atoms with Gasteiger partial charge in [0, 0.05) is 0 Å². The van der Waals surface area contributed by atoms with Gasteiger partial charge >= 0.3 is 0 Å². The average molecular weight is 117 g/mol. The molecule has 0 amide bonds. The van der Waals surface area contributed by atoms with Crippen LogP contribution in [0.2, 0.25) is 0 Å². The summed E-state index contributed by atoms with van der Waals surface area (Å²) in [5.74, 6) is 0.0324. The van der Waals surface area contributed by atoms with Gasteiger partial charge < -0.3 is 15.7 Å². The first-order valence-electron chi connectivity index (χ1n) is 2.07. The molecule has 0 aliphatic heterocycles. The first kappa shape index (κ1) is 7.23. The van der Waals surface area contributed by atoms with Gasteiger partial charge in [0.25, 0.3) is 0 Å². The van der Waals surface area contributed by atoms with Gasteiger partial charge in [-0.3, -0.25) is 0 Å². The van der Waals surface area contributed by atoms with E-state index in [1.807, 2.05) is 0 Å². The van der Waals surface area contributed by atoms with Crippen molar-refractivity contribution in [2.45, 2.75) is 6.04 Å². The van der Waals surface area contributed by atoms with Crippen LogP contribution in [0.5, 0.6) is 0 Å². The van der Waals surface area contributed by atoms with Gasteiger partial charge in [-0.15, -0.1) is 0 Å². The van der Waals surface area contributed by atoms with Gasteiger partial charge in [-0.2, -0.15) is 0 Å². The van der Waals surface area contributed by atoms with Crippen molar-refractivity contribution < 1.29 is 9.94 Å². The smallest absolute Gasteiger partial charge is 0.242 e. The number of methoxy groups -OCH3 is 1. The Bertz CT molecular complexity index is 90.0. The molecule has 0 aromatic carbocycles. The second-order valence-electron chi connectivity index (χ2n) is 1.25. The van der Waals surface area contributed by atoms with E-state index in [4.69, 9.17) is 10.9 Å². The van der Waals surface area contributed by atoms with E-state index < -0.39 is 6.04 Å². The molecule has 1 unspecified atom stereocenters. The third kappa shape index (κ3) is 1.79. The molecular formula is C4H9N2O2. The Hall–Kier alpha value is -0.770. The van der Waals surface area contributed by atoms with Crippen LogP contribution in [0.3, 0.4) is 0 Å². The summed E-state index contributed by atoms with van der Waals surface area (Å²) in [5, 5.41) is 10.8. The van der Waals surface area contributed by atoms with E-state index in [-0.39, 0.29) is 5.90 Å². The first-order valence-corrected chi connectivity index (χ1v) is 2.07. The minimum absolute atomic E-state index is 0.0324. The summed E-state index contributed by atoms with van der Waals surface area (Å²) in [6.07, 6.45) is 0. The molecule has 3 N–H and O–H groups in total. The van der Waals surface area contributed by atoms with Crippen molar-refractivity contribution in [2.24, 2.45) is 10.9 Å². The standard InChI is InChI=1S/C4H9N2O2/c1-3(5)4(6-7)8-2/h3,7H,1,5H2,2H3/b6-4-. The summed E-state index contributed by atoms with van der Waals surface area (Å²) >= 11 is 0. The van der Waals surface area contributed by atoms with Crippen LogP contribution in [-0.4, -0.2) is 24.3 Å². The second kappa shape index (κ2) is 3.26. The highest BCUT2D eigenvalue weighted by molar-refractivity contribution is 5.81. The van der Waals surface area contributed by atoms with Gasteiger partial charge in [0.1, 0.15) is 0 Å². The number of rotatable bonds is 1. The highest BCUT2D eigenvalue weighted by Gasteiger charge is 2.03. The molecule has 0 fully saturated rings. The van der Waals surface area contributed by atoms with Crippen LogP contribution in [0, 0.1) is 6.92 Å². The highest BCUT2D eigenvalue weighted by Crippen LogP contribution is 1.81. The fraction of sp³-hybridized carbons (Fsp3) is 0.500. The van der Waals surface area contributed by atoms with Crippen LogP contribution in [0.15, 0.2) is 5.16 Å². The largest absolute Gasteiger partial charge is 0.481 e. The zero-order chi connectivity index (χ0) is 6.57. The van der Waals surface area contributed by atoms with Crippen molar-refractivity contribution in [3.05, 3.63) is 6.92 Å². The van der Waals surface area contributed by atoms with Gasteiger partial charge in [-0.05, 0) is 6.92 Å². The molecule has 0 aromatic rings. The number of hydrogen-bond acceptors (Lipinski definition) is 4. The van der Waals surface area contributed by atoms with E-state index >= 15 is 0 Å². The Morgan fingerprint density at radius 3 is 2.50 bits per heavy atom. The molecule has 4 nitrogen and oxygen atoms in total. The molecule has 0 aromatic heterocycles.